The zero-order valence-electron chi connectivity index (χ0n) is 20.5. The molecule has 1 atom stereocenters. The molecule has 0 saturated heterocycles. The van der Waals surface area contributed by atoms with E-state index in [4.69, 9.17) is 0 Å². The van der Waals surface area contributed by atoms with E-state index in [1.165, 1.54) is 22.3 Å². The molecular weight excluding hydrogens is 432 g/mol. The van der Waals surface area contributed by atoms with Crippen molar-refractivity contribution < 1.29 is 15.3 Å². The first-order valence-electron chi connectivity index (χ1n) is 12.3. The van der Waals surface area contributed by atoms with E-state index >= 15 is 0 Å². The summed E-state index contributed by atoms with van der Waals surface area (Å²) in [7, 11) is 0. The van der Waals surface area contributed by atoms with E-state index in [9.17, 15) is 15.3 Å². The second-order valence-corrected chi connectivity index (χ2v) is 9.85. The topological polar surface area (TPSA) is 60.7 Å². The van der Waals surface area contributed by atoms with Crippen molar-refractivity contribution in [2.24, 2.45) is 0 Å². The number of phenolic OH excluding ortho intramolecular Hbond substituents is 3. The highest BCUT2D eigenvalue weighted by atomic mass is 16.3. The third-order valence-electron chi connectivity index (χ3n) is 7.06. The molecule has 4 rings (SSSR count). The van der Waals surface area contributed by atoms with Crippen LogP contribution in [-0.2, 0) is 11.8 Å². The SMILES string of the molecule is CC(C)(c1ccc(O)cc1)c1ccc(C(CCCCc2ccc(O)cc2)c2ccc(O)cc2)cc1. The van der Waals surface area contributed by atoms with Gasteiger partial charge in [-0.25, -0.2) is 0 Å². The van der Waals surface area contributed by atoms with E-state index in [0.29, 0.717) is 5.75 Å². The fraction of sp³-hybridized carbons (Fsp3) is 0.250. The van der Waals surface area contributed by atoms with Crippen LogP contribution in [0.2, 0.25) is 0 Å². The third kappa shape index (κ3) is 6.05. The monoisotopic (exact) mass is 466 g/mol. The average molecular weight is 467 g/mol. The van der Waals surface area contributed by atoms with Crippen molar-refractivity contribution in [2.45, 2.75) is 50.9 Å². The number of aryl methyl sites for hydroxylation is 1. The van der Waals surface area contributed by atoms with E-state index in [2.05, 4.69) is 38.1 Å². The zero-order valence-corrected chi connectivity index (χ0v) is 20.5. The van der Waals surface area contributed by atoms with Crippen molar-refractivity contribution in [1.82, 2.24) is 0 Å². The van der Waals surface area contributed by atoms with Crippen molar-refractivity contribution >= 4 is 0 Å². The largest absolute Gasteiger partial charge is 0.508 e. The molecule has 0 radical (unpaired) electrons. The number of hydrogen-bond donors (Lipinski definition) is 3. The number of benzene rings is 4. The van der Waals surface area contributed by atoms with Crippen LogP contribution in [0.1, 0.15) is 66.8 Å². The first-order valence-corrected chi connectivity index (χ1v) is 12.3. The van der Waals surface area contributed by atoms with E-state index in [0.717, 1.165) is 31.2 Å². The summed E-state index contributed by atoms with van der Waals surface area (Å²) < 4.78 is 0. The molecule has 35 heavy (non-hydrogen) atoms. The first-order chi connectivity index (χ1) is 16.8. The molecule has 0 bridgehead atoms. The Balaban J connectivity index is 1.50. The van der Waals surface area contributed by atoms with Crippen LogP contribution in [0.15, 0.2) is 97.1 Å². The number of hydrogen-bond acceptors (Lipinski definition) is 3. The molecule has 4 aromatic rings. The lowest BCUT2D eigenvalue weighted by molar-refractivity contribution is 0.474. The molecule has 0 aromatic heterocycles. The highest BCUT2D eigenvalue weighted by molar-refractivity contribution is 5.43. The Bertz CT molecular complexity index is 1210. The van der Waals surface area contributed by atoms with Crippen molar-refractivity contribution in [3.8, 4) is 17.2 Å². The fourth-order valence-corrected chi connectivity index (χ4v) is 4.75. The van der Waals surface area contributed by atoms with Crippen molar-refractivity contribution in [2.75, 3.05) is 0 Å². The van der Waals surface area contributed by atoms with Crippen LogP contribution in [0.4, 0.5) is 0 Å². The zero-order chi connectivity index (χ0) is 24.8. The van der Waals surface area contributed by atoms with Crippen molar-refractivity contribution in [1.29, 1.82) is 0 Å². The summed E-state index contributed by atoms with van der Waals surface area (Å²) in [4.78, 5) is 0. The van der Waals surface area contributed by atoms with Gasteiger partial charge in [0.05, 0.1) is 0 Å². The maximum Gasteiger partial charge on any atom is 0.115 e. The molecule has 0 saturated carbocycles. The summed E-state index contributed by atoms with van der Waals surface area (Å²) in [6, 6.07) is 31.4. The van der Waals surface area contributed by atoms with Gasteiger partial charge in [-0.3, -0.25) is 0 Å². The summed E-state index contributed by atoms with van der Waals surface area (Å²) in [5, 5.41) is 28.9. The van der Waals surface area contributed by atoms with Gasteiger partial charge in [-0.05, 0) is 83.5 Å². The summed E-state index contributed by atoms with van der Waals surface area (Å²) in [6.45, 7) is 4.41. The summed E-state index contributed by atoms with van der Waals surface area (Å²) in [6.07, 6.45) is 4.16. The Morgan fingerprint density at radius 2 is 0.943 bits per heavy atom. The molecule has 0 aliphatic heterocycles. The van der Waals surface area contributed by atoms with E-state index in [1.54, 1.807) is 36.4 Å². The van der Waals surface area contributed by atoms with Crippen LogP contribution in [0.5, 0.6) is 17.2 Å². The molecule has 180 valence electrons. The molecule has 0 aliphatic rings. The molecular formula is C32H34O3. The van der Waals surface area contributed by atoms with Gasteiger partial charge in [0.1, 0.15) is 17.2 Å². The quantitative estimate of drug-likeness (QED) is 0.222. The Hall–Kier alpha value is -3.72. The number of rotatable bonds is 9. The van der Waals surface area contributed by atoms with Gasteiger partial charge in [0.2, 0.25) is 0 Å². The van der Waals surface area contributed by atoms with E-state index in [1.807, 2.05) is 36.4 Å². The van der Waals surface area contributed by atoms with Gasteiger partial charge in [0.15, 0.2) is 0 Å². The normalized spacial score (nSPS) is 12.4. The highest BCUT2D eigenvalue weighted by Crippen LogP contribution is 2.36. The van der Waals surface area contributed by atoms with Crippen LogP contribution in [0.3, 0.4) is 0 Å². The van der Waals surface area contributed by atoms with Gasteiger partial charge in [0.25, 0.3) is 0 Å². The highest BCUT2D eigenvalue weighted by Gasteiger charge is 2.24. The van der Waals surface area contributed by atoms with Gasteiger partial charge in [-0.2, -0.15) is 0 Å². The van der Waals surface area contributed by atoms with Crippen molar-refractivity contribution in [3.05, 3.63) is 125 Å². The van der Waals surface area contributed by atoms with E-state index in [-0.39, 0.29) is 22.8 Å². The minimum Gasteiger partial charge on any atom is -0.508 e. The lowest BCUT2D eigenvalue weighted by atomic mass is 9.77. The van der Waals surface area contributed by atoms with Gasteiger partial charge in [-0.15, -0.1) is 0 Å². The minimum atomic E-state index is -0.176. The second-order valence-electron chi connectivity index (χ2n) is 9.85. The van der Waals surface area contributed by atoms with Gasteiger partial charge < -0.3 is 15.3 Å². The molecule has 3 nitrogen and oxygen atoms in total. The third-order valence-corrected chi connectivity index (χ3v) is 7.06. The van der Waals surface area contributed by atoms with E-state index < -0.39 is 0 Å². The minimum absolute atomic E-state index is 0.176. The van der Waals surface area contributed by atoms with Gasteiger partial charge in [0, 0.05) is 11.3 Å². The molecule has 0 spiro atoms. The maximum atomic E-state index is 9.79. The molecule has 0 amide bonds. The van der Waals surface area contributed by atoms with Crippen molar-refractivity contribution in [3.63, 3.8) is 0 Å². The molecule has 1 unspecified atom stereocenters. The van der Waals surface area contributed by atoms with Crippen LogP contribution in [0.25, 0.3) is 0 Å². The summed E-state index contributed by atoms with van der Waals surface area (Å²) >= 11 is 0. The molecule has 0 fully saturated rings. The second kappa shape index (κ2) is 10.7. The molecule has 3 heteroatoms. The van der Waals surface area contributed by atoms with Crippen LogP contribution < -0.4 is 0 Å². The number of phenols is 3. The predicted molar refractivity (Wildman–Crippen MR) is 142 cm³/mol. The standard InChI is InChI=1S/C32H34O3/c1-32(2,27-15-21-30(35)22-16-27)26-13-9-24(10-14-26)31(25-11-19-29(34)20-12-25)6-4-3-5-23-7-17-28(33)18-8-23/h7-22,31,33-35H,3-6H2,1-2H3. The van der Waals surface area contributed by atoms with Crippen LogP contribution in [0, 0.1) is 0 Å². The van der Waals surface area contributed by atoms with Gasteiger partial charge >= 0.3 is 0 Å². The molecule has 3 N–H and O–H groups in total. The predicted octanol–water partition coefficient (Wildman–Crippen LogP) is 7.67. The Morgan fingerprint density at radius 1 is 0.543 bits per heavy atom. The fourth-order valence-electron chi connectivity index (χ4n) is 4.75. The maximum absolute atomic E-state index is 9.79. The molecule has 0 aliphatic carbocycles. The smallest absolute Gasteiger partial charge is 0.115 e. The molecule has 4 aromatic carbocycles. The number of unbranched alkanes of at least 4 members (excludes halogenated alkanes) is 1. The molecule has 0 heterocycles. The first kappa shape index (κ1) is 24.4. The van der Waals surface area contributed by atoms with Gasteiger partial charge in [-0.1, -0.05) is 80.9 Å². The average Bonchev–Trinajstić information content (AvgIpc) is 2.86. The van der Waals surface area contributed by atoms with Crippen LogP contribution in [-0.4, -0.2) is 15.3 Å². The Morgan fingerprint density at radius 3 is 1.46 bits per heavy atom. The summed E-state index contributed by atoms with van der Waals surface area (Å²) in [5.41, 5.74) is 5.93. The lowest BCUT2D eigenvalue weighted by Gasteiger charge is -2.27. The van der Waals surface area contributed by atoms with Crippen LogP contribution >= 0.6 is 0 Å². The lowest BCUT2D eigenvalue weighted by Crippen LogP contribution is -2.18. The Labute approximate surface area is 208 Å². The Kier molecular flexibility index (Phi) is 7.45. The summed E-state index contributed by atoms with van der Waals surface area (Å²) in [5.74, 6) is 1.12. The number of aromatic hydroxyl groups is 3.